The largest absolute Gasteiger partial charge is 0.507 e. The first-order chi connectivity index (χ1) is 9.04. The maximum atomic E-state index is 11.1. The minimum Gasteiger partial charge on any atom is -0.507 e. The molecule has 3 nitrogen and oxygen atoms in total. The fourth-order valence-electron chi connectivity index (χ4n) is 1.98. The van der Waals surface area contributed by atoms with Crippen LogP contribution in [0.5, 0.6) is 5.75 Å². The second-order valence-corrected chi connectivity index (χ2v) is 4.98. The highest BCUT2D eigenvalue weighted by Gasteiger charge is 2.14. The molecule has 4 heteroatoms. The van der Waals surface area contributed by atoms with Crippen molar-refractivity contribution in [1.82, 2.24) is 0 Å². The van der Waals surface area contributed by atoms with Crippen molar-refractivity contribution in [2.75, 3.05) is 7.11 Å². The maximum absolute atomic E-state index is 11.1. The molecular formula is C15H13BrO3. The third kappa shape index (κ3) is 2.63. The van der Waals surface area contributed by atoms with Crippen molar-refractivity contribution in [2.24, 2.45) is 0 Å². The van der Waals surface area contributed by atoms with Crippen LogP contribution in [0.15, 0.2) is 40.9 Å². The zero-order valence-electron chi connectivity index (χ0n) is 10.6. The van der Waals surface area contributed by atoms with Crippen molar-refractivity contribution >= 4 is 38.2 Å². The molecular weight excluding hydrogens is 308 g/mol. The number of ketones is 1. The summed E-state index contributed by atoms with van der Waals surface area (Å²) in [5.74, 6) is 0.230. The van der Waals surface area contributed by atoms with Gasteiger partial charge in [0.2, 0.25) is 0 Å². The minimum atomic E-state index is -0.219. The van der Waals surface area contributed by atoms with Gasteiger partial charge in [0, 0.05) is 15.9 Å². The SMILES string of the molecule is COc1c(/C(O)=C/C(C)=O)cc(Br)c2ccccc12. The van der Waals surface area contributed by atoms with E-state index in [1.54, 1.807) is 13.2 Å². The topological polar surface area (TPSA) is 46.5 Å². The molecule has 0 amide bonds. The molecule has 0 aliphatic heterocycles. The fraction of sp³-hybridized carbons (Fsp3) is 0.133. The number of fused-ring (bicyclic) bond motifs is 1. The number of allylic oxidation sites excluding steroid dienone is 1. The molecule has 0 saturated heterocycles. The van der Waals surface area contributed by atoms with Crippen LogP contribution in [0.1, 0.15) is 12.5 Å². The lowest BCUT2D eigenvalue weighted by Crippen LogP contribution is -1.95. The number of rotatable bonds is 3. The number of aliphatic hydroxyl groups excluding tert-OH is 1. The highest BCUT2D eigenvalue weighted by molar-refractivity contribution is 9.10. The summed E-state index contributed by atoms with van der Waals surface area (Å²) in [5, 5.41) is 11.9. The highest BCUT2D eigenvalue weighted by Crippen LogP contribution is 2.37. The Morgan fingerprint density at radius 2 is 1.95 bits per heavy atom. The van der Waals surface area contributed by atoms with Crippen molar-refractivity contribution in [3.8, 4) is 5.75 Å². The summed E-state index contributed by atoms with van der Waals surface area (Å²) in [6.07, 6.45) is 1.18. The van der Waals surface area contributed by atoms with Gasteiger partial charge in [-0.15, -0.1) is 0 Å². The zero-order valence-corrected chi connectivity index (χ0v) is 12.2. The van der Waals surface area contributed by atoms with Gasteiger partial charge in [0.05, 0.1) is 12.7 Å². The molecule has 0 aliphatic rings. The van der Waals surface area contributed by atoms with Crippen molar-refractivity contribution in [3.05, 3.63) is 46.4 Å². The predicted octanol–water partition coefficient (Wildman–Crippen LogP) is 4.10. The number of methoxy groups -OCH3 is 1. The van der Waals surface area contributed by atoms with Gasteiger partial charge in [-0.2, -0.15) is 0 Å². The van der Waals surface area contributed by atoms with Crippen LogP contribution in [0.2, 0.25) is 0 Å². The molecule has 0 aromatic heterocycles. The third-order valence-corrected chi connectivity index (χ3v) is 3.42. The third-order valence-electron chi connectivity index (χ3n) is 2.76. The molecule has 98 valence electrons. The van der Waals surface area contributed by atoms with E-state index in [9.17, 15) is 9.90 Å². The molecule has 19 heavy (non-hydrogen) atoms. The molecule has 0 saturated carbocycles. The smallest absolute Gasteiger partial charge is 0.156 e. The van der Waals surface area contributed by atoms with E-state index in [0.717, 1.165) is 15.2 Å². The van der Waals surface area contributed by atoms with Crippen LogP contribution in [0.4, 0.5) is 0 Å². The van der Waals surface area contributed by atoms with E-state index < -0.39 is 0 Å². The molecule has 0 unspecified atom stereocenters. The standard InChI is InChI=1S/C15H13BrO3/c1-9(17)7-14(18)12-8-13(16)10-5-3-4-6-11(10)15(12)19-2/h3-8,18H,1-2H3/b14-7-. The number of carbonyl (C=O) groups is 1. The molecule has 0 heterocycles. The van der Waals surface area contributed by atoms with E-state index in [0.29, 0.717) is 11.3 Å². The second-order valence-electron chi connectivity index (χ2n) is 4.13. The first-order valence-electron chi connectivity index (χ1n) is 5.71. The van der Waals surface area contributed by atoms with Crippen molar-refractivity contribution in [3.63, 3.8) is 0 Å². The Bertz CT molecular complexity index is 674. The van der Waals surface area contributed by atoms with Crippen molar-refractivity contribution in [1.29, 1.82) is 0 Å². The van der Waals surface area contributed by atoms with Gasteiger partial charge in [-0.25, -0.2) is 0 Å². The summed E-state index contributed by atoms with van der Waals surface area (Å²) in [5.41, 5.74) is 0.489. The van der Waals surface area contributed by atoms with Gasteiger partial charge >= 0.3 is 0 Å². The van der Waals surface area contributed by atoms with Crippen LogP contribution in [0, 0.1) is 0 Å². The maximum Gasteiger partial charge on any atom is 0.156 e. The molecule has 2 aromatic rings. The monoisotopic (exact) mass is 320 g/mol. The molecule has 2 aromatic carbocycles. The van der Waals surface area contributed by atoms with Gasteiger partial charge < -0.3 is 9.84 Å². The highest BCUT2D eigenvalue weighted by atomic mass is 79.9. The first kappa shape index (κ1) is 13.6. The van der Waals surface area contributed by atoms with E-state index in [1.807, 2.05) is 24.3 Å². The minimum absolute atomic E-state index is 0.101. The number of halogens is 1. The number of carbonyl (C=O) groups excluding carboxylic acids is 1. The van der Waals surface area contributed by atoms with Gasteiger partial charge in [0.15, 0.2) is 5.78 Å². The Kier molecular flexibility index (Phi) is 3.90. The first-order valence-corrected chi connectivity index (χ1v) is 6.50. The van der Waals surface area contributed by atoms with Crippen LogP contribution < -0.4 is 4.74 Å². The van der Waals surface area contributed by atoms with E-state index in [-0.39, 0.29) is 11.5 Å². The van der Waals surface area contributed by atoms with Crippen LogP contribution in [0.25, 0.3) is 16.5 Å². The molecule has 0 spiro atoms. The number of hydrogen-bond acceptors (Lipinski definition) is 3. The molecule has 0 bridgehead atoms. The zero-order chi connectivity index (χ0) is 14.0. The lowest BCUT2D eigenvalue weighted by atomic mass is 10.0. The number of aliphatic hydroxyl groups is 1. The summed E-state index contributed by atoms with van der Waals surface area (Å²) in [6, 6.07) is 9.43. The molecule has 1 N–H and O–H groups in total. The fourth-order valence-corrected chi connectivity index (χ4v) is 2.56. The summed E-state index contributed by atoms with van der Waals surface area (Å²) in [4.78, 5) is 11.1. The summed E-state index contributed by atoms with van der Waals surface area (Å²) in [7, 11) is 1.54. The van der Waals surface area contributed by atoms with E-state index >= 15 is 0 Å². The molecule has 2 rings (SSSR count). The Morgan fingerprint density at radius 1 is 1.32 bits per heavy atom. The summed E-state index contributed by atoms with van der Waals surface area (Å²) < 4.78 is 6.22. The van der Waals surface area contributed by atoms with E-state index in [4.69, 9.17) is 4.74 Å². The Balaban J connectivity index is 2.78. The number of hydrogen-bond donors (Lipinski definition) is 1. The van der Waals surface area contributed by atoms with Crippen LogP contribution in [-0.4, -0.2) is 18.0 Å². The van der Waals surface area contributed by atoms with Gasteiger partial charge in [0.1, 0.15) is 11.5 Å². The average molecular weight is 321 g/mol. The summed E-state index contributed by atoms with van der Waals surface area (Å²) >= 11 is 3.47. The molecule has 0 fully saturated rings. The van der Waals surface area contributed by atoms with E-state index in [2.05, 4.69) is 15.9 Å². The van der Waals surface area contributed by atoms with Gasteiger partial charge in [-0.05, 0) is 18.4 Å². The number of benzene rings is 2. The van der Waals surface area contributed by atoms with Gasteiger partial charge in [-0.3, -0.25) is 4.79 Å². The molecule has 0 radical (unpaired) electrons. The van der Waals surface area contributed by atoms with Crippen molar-refractivity contribution in [2.45, 2.75) is 6.92 Å². The molecule has 0 aliphatic carbocycles. The normalized spacial score (nSPS) is 11.6. The van der Waals surface area contributed by atoms with E-state index in [1.165, 1.54) is 13.0 Å². The molecule has 0 atom stereocenters. The lowest BCUT2D eigenvalue weighted by molar-refractivity contribution is -0.112. The van der Waals surface area contributed by atoms with Crippen LogP contribution >= 0.6 is 15.9 Å². The Morgan fingerprint density at radius 3 is 2.53 bits per heavy atom. The quantitative estimate of drug-likeness (QED) is 0.684. The summed E-state index contributed by atoms with van der Waals surface area (Å²) in [6.45, 7) is 1.39. The van der Waals surface area contributed by atoms with Gasteiger partial charge in [-0.1, -0.05) is 40.2 Å². The number of ether oxygens (including phenoxy) is 1. The van der Waals surface area contributed by atoms with Crippen LogP contribution in [-0.2, 0) is 4.79 Å². The predicted molar refractivity (Wildman–Crippen MR) is 79.5 cm³/mol. The van der Waals surface area contributed by atoms with Crippen molar-refractivity contribution < 1.29 is 14.6 Å². The van der Waals surface area contributed by atoms with Crippen LogP contribution in [0.3, 0.4) is 0 Å². The second kappa shape index (κ2) is 5.45. The Labute approximate surface area is 119 Å². The Hall–Kier alpha value is -1.81. The average Bonchev–Trinajstić information content (AvgIpc) is 2.38. The lowest BCUT2D eigenvalue weighted by Gasteiger charge is -2.12. The van der Waals surface area contributed by atoms with Gasteiger partial charge in [0.25, 0.3) is 0 Å².